The van der Waals surface area contributed by atoms with Crippen molar-refractivity contribution >= 4 is 15.9 Å². The van der Waals surface area contributed by atoms with Gasteiger partial charge in [0.25, 0.3) is 0 Å². The van der Waals surface area contributed by atoms with Crippen LogP contribution in [0.5, 0.6) is 0 Å². The zero-order valence-corrected chi connectivity index (χ0v) is 15.7. The van der Waals surface area contributed by atoms with Gasteiger partial charge in [-0.15, -0.1) is 0 Å². The van der Waals surface area contributed by atoms with Crippen LogP contribution in [0.25, 0.3) is 0 Å². The summed E-state index contributed by atoms with van der Waals surface area (Å²) in [4.78, 5) is 4.77. The van der Waals surface area contributed by atoms with E-state index in [1.165, 1.54) is 15.6 Å². The normalized spacial score (nSPS) is 13.1. The third-order valence-electron chi connectivity index (χ3n) is 3.73. The molecule has 120 valence electrons. The van der Waals surface area contributed by atoms with E-state index in [1.54, 1.807) is 0 Å². The first kappa shape index (κ1) is 18.6. The summed E-state index contributed by atoms with van der Waals surface area (Å²) >= 11 is 3.73. The molecule has 21 heavy (non-hydrogen) atoms. The van der Waals surface area contributed by atoms with Crippen LogP contribution in [0, 0.1) is 0 Å². The zero-order chi connectivity index (χ0) is 15.8. The van der Waals surface area contributed by atoms with Crippen molar-refractivity contribution in [3.63, 3.8) is 0 Å². The summed E-state index contributed by atoms with van der Waals surface area (Å²) in [5.74, 6) is 0. The highest BCUT2D eigenvalue weighted by molar-refractivity contribution is 9.10. The predicted molar refractivity (Wildman–Crippen MR) is 95.6 cm³/mol. The van der Waals surface area contributed by atoms with Crippen molar-refractivity contribution in [1.29, 1.82) is 0 Å². The quantitative estimate of drug-likeness (QED) is 0.732. The number of hydrogen-bond acceptors (Lipinski definition) is 3. The number of nitrogens with one attached hydrogen (secondary N) is 1. The molecule has 0 aliphatic heterocycles. The highest BCUT2D eigenvalue weighted by Gasteiger charge is 2.14. The minimum atomic E-state index is 0.554. The Hall–Kier alpha value is -0.420. The Labute approximate surface area is 138 Å². The molecular weight excluding hydrogens is 326 g/mol. The third kappa shape index (κ3) is 6.47. The number of benzene rings is 1. The molecule has 1 unspecified atom stereocenters. The van der Waals surface area contributed by atoms with Crippen molar-refractivity contribution < 1.29 is 0 Å². The summed E-state index contributed by atoms with van der Waals surface area (Å²) in [5.41, 5.74) is 2.69. The van der Waals surface area contributed by atoms with Crippen molar-refractivity contribution in [2.24, 2.45) is 0 Å². The van der Waals surface area contributed by atoms with Gasteiger partial charge < -0.3 is 10.2 Å². The number of hydrogen-bond donors (Lipinski definition) is 1. The fraction of sp³-hybridized carbons (Fsp3) is 0.647. The first-order valence-electron chi connectivity index (χ1n) is 7.84. The van der Waals surface area contributed by atoms with Gasteiger partial charge in [-0.3, -0.25) is 4.90 Å². The second kappa shape index (κ2) is 9.57. The Kier molecular flexibility index (Phi) is 8.49. The molecule has 0 aromatic heterocycles. The molecule has 1 atom stereocenters. The van der Waals surface area contributed by atoms with E-state index < -0.39 is 0 Å². The fourth-order valence-corrected chi connectivity index (χ4v) is 3.09. The van der Waals surface area contributed by atoms with Gasteiger partial charge in [0.1, 0.15) is 0 Å². The molecule has 0 bridgehead atoms. The maximum Gasteiger partial charge on any atom is 0.0248 e. The Morgan fingerprint density at radius 3 is 2.48 bits per heavy atom. The number of halogens is 1. The van der Waals surface area contributed by atoms with E-state index in [1.807, 2.05) is 0 Å². The molecule has 0 spiro atoms. The molecule has 0 heterocycles. The van der Waals surface area contributed by atoms with E-state index in [0.717, 1.165) is 32.7 Å². The number of nitrogens with zero attached hydrogens (tertiary/aromatic N) is 2. The summed E-state index contributed by atoms with van der Waals surface area (Å²) in [6.45, 7) is 11.8. The second-order valence-electron chi connectivity index (χ2n) is 5.88. The zero-order valence-electron chi connectivity index (χ0n) is 14.1. The predicted octanol–water partition coefficient (Wildman–Crippen LogP) is 3.33. The lowest BCUT2D eigenvalue weighted by Gasteiger charge is -2.30. The lowest BCUT2D eigenvalue weighted by Crippen LogP contribution is -2.39. The number of rotatable bonds is 9. The van der Waals surface area contributed by atoms with Gasteiger partial charge in [0.05, 0.1) is 0 Å². The Morgan fingerprint density at radius 1 is 1.24 bits per heavy atom. The average molecular weight is 356 g/mol. The largest absolute Gasteiger partial charge is 0.313 e. The van der Waals surface area contributed by atoms with Crippen LogP contribution in [0.15, 0.2) is 22.7 Å². The molecular formula is C17H30BrN3. The monoisotopic (exact) mass is 355 g/mol. The van der Waals surface area contributed by atoms with Crippen LogP contribution in [0.1, 0.15) is 31.9 Å². The van der Waals surface area contributed by atoms with Crippen LogP contribution in [0.4, 0.5) is 0 Å². The molecule has 0 saturated carbocycles. The van der Waals surface area contributed by atoms with E-state index in [9.17, 15) is 0 Å². The van der Waals surface area contributed by atoms with E-state index in [2.05, 4.69) is 84.1 Å². The van der Waals surface area contributed by atoms with Crippen LogP contribution >= 0.6 is 15.9 Å². The van der Waals surface area contributed by atoms with Crippen LogP contribution in [-0.2, 0) is 13.1 Å². The number of likely N-dealkylation sites (N-methyl/N-ethyl adjacent to an activating group) is 2. The molecule has 3 nitrogen and oxygen atoms in total. The smallest absolute Gasteiger partial charge is 0.0248 e. The van der Waals surface area contributed by atoms with Gasteiger partial charge in [0, 0.05) is 30.1 Å². The van der Waals surface area contributed by atoms with Gasteiger partial charge in [-0.05, 0) is 51.3 Å². The van der Waals surface area contributed by atoms with Gasteiger partial charge in [-0.2, -0.15) is 0 Å². The summed E-state index contributed by atoms with van der Waals surface area (Å²) in [6, 6.07) is 7.27. The average Bonchev–Trinajstić information content (AvgIpc) is 2.43. The van der Waals surface area contributed by atoms with Crippen LogP contribution < -0.4 is 5.32 Å². The maximum absolute atomic E-state index is 3.73. The van der Waals surface area contributed by atoms with Crippen molar-refractivity contribution in [3.8, 4) is 0 Å². The molecule has 0 aliphatic carbocycles. The molecule has 0 aliphatic rings. The Bertz CT molecular complexity index is 420. The molecule has 1 rings (SSSR count). The van der Waals surface area contributed by atoms with Crippen molar-refractivity contribution in [2.45, 2.75) is 39.9 Å². The third-order valence-corrected chi connectivity index (χ3v) is 4.47. The molecule has 0 amide bonds. The minimum absolute atomic E-state index is 0.554. The lowest BCUT2D eigenvalue weighted by molar-refractivity contribution is 0.174. The van der Waals surface area contributed by atoms with Crippen molar-refractivity contribution in [1.82, 2.24) is 15.1 Å². The van der Waals surface area contributed by atoms with Crippen LogP contribution in [0.3, 0.4) is 0 Å². The molecule has 0 fully saturated rings. The fourth-order valence-electron chi connectivity index (χ4n) is 2.54. The lowest BCUT2D eigenvalue weighted by atomic mass is 10.1. The van der Waals surface area contributed by atoms with E-state index in [4.69, 9.17) is 0 Å². The topological polar surface area (TPSA) is 18.5 Å². The first-order chi connectivity index (χ1) is 9.97. The van der Waals surface area contributed by atoms with Gasteiger partial charge in [0.15, 0.2) is 0 Å². The SMILES string of the molecule is CCNCc1ccc(CN(CC)C(C)CN(C)C)c(Br)c1. The van der Waals surface area contributed by atoms with Gasteiger partial charge in [-0.1, -0.05) is 41.9 Å². The van der Waals surface area contributed by atoms with E-state index >= 15 is 0 Å². The highest BCUT2D eigenvalue weighted by atomic mass is 79.9. The van der Waals surface area contributed by atoms with Gasteiger partial charge >= 0.3 is 0 Å². The molecule has 0 saturated heterocycles. The van der Waals surface area contributed by atoms with Gasteiger partial charge in [-0.25, -0.2) is 0 Å². The molecule has 1 N–H and O–H groups in total. The first-order valence-corrected chi connectivity index (χ1v) is 8.64. The van der Waals surface area contributed by atoms with E-state index in [0.29, 0.717) is 6.04 Å². The highest BCUT2D eigenvalue weighted by Crippen LogP contribution is 2.21. The summed E-state index contributed by atoms with van der Waals surface area (Å²) in [6.07, 6.45) is 0. The van der Waals surface area contributed by atoms with Crippen LogP contribution in [0.2, 0.25) is 0 Å². The summed E-state index contributed by atoms with van der Waals surface area (Å²) < 4.78 is 1.22. The summed E-state index contributed by atoms with van der Waals surface area (Å²) in [5, 5.41) is 3.37. The van der Waals surface area contributed by atoms with Crippen molar-refractivity contribution in [2.75, 3.05) is 33.7 Å². The van der Waals surface area contributed by atoms with Gasteiger partial charge in [0.2, 0.25) is 0 Å². The standard InChI is InChI=1S/C17H30BrN3/c1-6-19-11-15-8-9-16(17(18)10-15)13-21(7-2)14(3)12-20(4)5/h8-10,14,19H,6-7,11-13H2,1-5H3. The minimum Gasteiger partial charge on any atom is -0.313 e. The molecule has 1 aromatic rings. The Morgan fingerprint density at radius 2 is 1.95 bits per heavy atom. The Balaban J connectivity index is 2.71. The van der Waals surface area contributed by atoms with E-state index in [-0.39, 0.29) is 0 Å². The molecule has 1 aromatic carbocycles. The molecule has 0 radical (unpaired) electrons. The summed E-state index contributed by atoms with van der Waals surface area (Å²) in [7, 11) is 4.27. The van der Waals surface area contributed by atoms with Crippen molar-refractivity contribution in [3.05, 3.63) is 33.8 Å². The van der Waals surface area contributed by atoms with Crippen LogP contribution in [-0.4, -0.2) is 49.6 Å². The second-order valence-corrected chi connectivity index (χ2v) is 6.73. The maximum atomic E-state index is 3.73. The molecule has 4 heteroatoms.